The van der Waals surface area contributed by atoms with E-state index in [0.29, 0.717) is 0 Å². The summed E-state index contributed by atoms with van der Waals surface area (Å²) in [5.74, 6) is 1.54. The molecule has 0 aliphatic rings. The molecule has 0 spiro atoms. The summed E-state index contributed by atoms with van der Waals surface area (Å²) in [7, 11) is -0.575. The zero-order valence-corrected chi connectivity index (χ0v) is 15.9. The Morgan fingerprint density at radius 3 is 1.55 bits per heavy atom. The summed E-state index contributed by atoms with van der Waals surface area (Å²) < 4.78 is 12.7. The Labute approximate surface area is 170 Å². The van der Waals surface area contributed by atoms with E-state index in [1.807, 2.05) is 60.7 Å². The summed E-state index contributed by atoms with van der Waals surface area (Å²) in [4.78, 5) is 0. The summed E-state index contributed by atoms with van der Waals surface area (Å²) in [5, 5.41) is 4.71. The van der Waals surface area contributed by atoms with Crippen LogP contribution in [-0.2, 0) is 0 Å². The summed E-state index contributed by atoms with van der Waals surface area (Å²) in [5.41, 5.74) is 1.01. The lowest BCUT2D eigenvalue weighted by Crippen LogP contribution is -2.43. The average Bonchev–Trinajstić information content (AvgIpc) is 2.79. The molecule has 0 amide bonds. The molecule has 0 saturated heterocycles. The highest BCUT2D eigenvalue weighted by atomic mass is 16.6. The molecule has 5 rings (SSSR count). The molecule has 138 valence electrons. The second kappa shape index (κ2) is 7.73. The van der Waals surface area contributed by atoms with Crippen LogP contribution in [0.3, 0.4) is 0 Å². The molecule has 29 heavy (non-hydrogen) atoms. The maximum Gasteiger partial charge on any atom is 0.633 e. The fourth-order valence-electron chi connectivity index (χ4n) is 3.67. The zero-order chi connectivity index (χ0) is 19.5. The van der Waals surface area contributed by atoms with Crippen molar-refractivity contribution in [2.45, 2.75) is 0 Å². The van der Waals surface area contributed by atoms with E-state index in [9.17, 15) is 0 Å². The molecule has 2 nitrogen and oxygen atoms in total. The second-order valence-corrected chi connectivity index (χ2v) is 6.93. The van der Waals surface area contributed by atoms with Gasteiger partial charge in [0.05, 0.1) is 0 Å². The number of rotatable bonds is 5. The number of benzene rings is 5. The number of fused-ring (bicyclic) bond motifs is 3. The van der Waals surface area contributed by atoms with E-state index in [-0.39, 0.29) is 0 Å². The second-order valence-electron chi connectivity index (χ2n) is 6.93. The first kappa shape index (κ1) is 17.4. The first-order valence-corrected chi connectivity index (χ1v) is 9.72. The van der Waals surface area contributed by atoms with Crippen molar-refractivity contribution in [1.82, 2.24) is 0 Å². The molecule has 0 radical (unpaired) electrons. The van der Waals surface area contributed by atoms with Gasteiger partial charge < -0.3 is 9.31 Å². The lowest BCUT2D eigenvalue weighted by Gasteiger charge is -2.19. The van der Waals surface area contributed by atoms with E-state index in [1.165, 1.54) is 16.2 Å². The molecule has 0 fully saturated rings. The Morgan fingerprint density at radius 1 is 0.448 bits per heavy atom. The molecule has 0 aliphatic carbocycles. The van der Waals surface area contributed by atoms with Crippen molar-refractivity contribution in [1.29, 1.82) is 0 Å². The van der Waals surface area contributed by atoms with Gasteiger partial charge in [-0.3, -0.25) is 0 Å². The first-order valence-electron chi connectivity index (χ1n) is 9.72. The standard InChI is InChI=1S/C26H19BO2/c1-3-12-21(13-4-1)28-27(29-22-14-5-2-6-15-22)26-19-20-11-7-8-16-23(20)24-17-9-10-18-25(24)26/h1-19H. The maximum atomic E-state index is 6.34. The van der Waals surface area contributed by atoms with Crippen LogP contribution in [-0.4, -0.2) is 7.12 Å². The highest BCUT2D eigenvalue weighted by Gasteiger charge is 2.29. The lowest BCUT2D eigenvalue weighted by atomic mass is 9.74. The van der Waals surface area contributed by atoms with Gasteiger partial charge in [0, 0.05) is 5.46 Å². The molecule has 0 saturated carbocycles. The number of hydrogen-bond donors (Lipinski definition) is 0. The van der Waals surface area contributed by atoms with Crippen molar-refractivity contribution in [3.63, 3.8) is 0 Å². The van der Waals surface area contributed by atoms with E-state index < -0.39 is 7.12 Å². The molecule has 5 aromatic carbocycles. The fourth-order valence-corrected chi connectivity index (χ4v) is 3.67. The molecule has 0 atom stereocenters. The quantitative estimate of drug-likeness (QED) is 0.284. The molecule has 0 aliphatic heterocycles. The SMILES string of the molecule is c1ccc(OB(Oc2ccccc2)c2cc3ccccc3c3ccccc23)cc1. The molecule has 0 bridgehead atoms. The Morgan fingerprint density at radius 2 is 0.931 bits per heavy atom. The Hall–Kier alpha value is -3.72. The minimum atomic E-state index is -0.575. The van der Waals surface area contributed by atoms with Gasteiger partial charge in [-0.25, -0.2) is 0 Å². The highest BCUT2D eigenvalue weighted by Crippen LogP contribution is 2.25. The molecular formula is C26H19BO2. The number of para-hydroxylation sites is 2. The van der Waals surface area contributed by atoms with Gasteiger partial charge in [0.25, 0.3) is 0 Å². The zero-order valence-electron chi connectivity index (χ0n) is 15.9. The van der Waals surface area contributed by atoms with E-state index in [1.54, 1.807) is 0 Å². The minimum absolute atomic E-state index is 0.575. The predicted molar refractivity (Wildman–Crippen MR) is 121 cm³/mol. The molecule has 3 heteroatoms. The van der Waals surface area contributed by atoms with Crippen LogP contribution in [0.25, 0.3) is 21.5 Å². The first-order chi connectivity index (χ1) is 14.4. The van der Waals surface area contributed by atoms with Crippen LogP contribution in [0.4, 0.5) is 0 Å². The average molecular weight is 374 g/mol. The van der Waals surface area contributed by atoms with Gasteiger partial charge in [-0.15, -0.1) is 0 Å². The van der Waals surface area contributed by atoms with Gasteiger partial charge in [-0.2, -0.15) is 0 Å². The summed E-state index contributed by atoms with van der Waals surface area (Å²) in [6.45, 7) is 0. The van der Waals surface area contributed by atoms with Gasteiger partial charge in [-0.05, 0) is 45.8 Å². The predicted octanol–water partition coefficient (Wildman–Crippen LogP) is 5.85. The van der Waals surface area contributed by atoms with Crippen LogP contribution in [0, 0.1) is 0 Å². The van der Waals surface area contributed by atoms with Gasteiger partial charge in [-0.1, -0.05) is 91.0 Å². The van der Waals surface area contributed by atoms with Crippen LogP contribution in [0.2, 0.25) is 0 Å². The molecule has 5 aromatic rings. The van der Waals surface area contributed by atoms with Gasteiger partial charge >= 0.3 is 7.12 Å². The van der Waals surface area contributed by atoms with E-state index in [4.69, 9.17) is 9.31 Å². The smallest absolute Gasteiger partial charge is 0.522 e. The molecule has 0 N–H and O–H groups in total. The maximum absolute atomic E-state index is 6.34. The number of hydrogen-bond acceptors (Lipinski definition) is 2. The summed E-state index contributed by atoms with van der Waals surface area (Å²) >= 11 is 0. The van der Waals surface area contributed by atoms with Crippen LogP contribution >= 0.6 is 0 Å². The monoisotopic (exact) mass is 374 g/mol. The minimum Gasteiger partial charge on any atom is -0.522 e. The van der Waals surface area contributed by atoms with Crippen LogP contribution in [0.5, 0.6) is 11.5 Å². The molecule has 0 aromatic heterocycles. The third kappa shape index (κ3) is 3.55. The van der Waals surface area contributed by atoms with Crippen LogP contribution in [0.15, 0.2) is 115 Å². The van der Waals surface area contributed by atoms with Crippen molar-refractivity contribution in [2.75, 3.05) is 0 Å². The van der Waals surface area contributed by atoms with Crippen LogP contribution in [0.1, 0.15) is 0 Å². The van der Waals surface area contributed by atoms with Crippen molar-refractivity contribution in [2.24, 2.45) is 0 Å². The van der Waals surface area contributed by atoms with Crippen molar-refractivity contribution in [3.05, 3.63) is 115 Å². The van der Waals surface area contributed by atoms with Gasteiger partial charge in [0.1, 0.15) is 11.5 Å². The fraction of sp³-hybridized carbons (Fsp3) is 0. The molecule has 0 unspecified atom stereocenters. The Kier molecular flexibility index (Phi) is 4.63. The normalized spacial score (nSPS) is 10.8. The van der Waals surface area contributed by atoms with E-state index in [0.717, 1.165) is 22.3 Å². The van der Waals surface area contributed by atoms with E-state index >= 15 is 0 Å². The third-order valence-corrected chi connectivity index (χ3v) is 5.03. The largest absolute Gasteiger partial charge is 0.633 e. The van der Waals surface area contributed by atoms with Crippen molar-refractivity contribution >= 4 is 34.1 Å². The lowest BCUT2D eigenvalue weighted by molar-refractivity contribution is 0.439. The van der Waals surface area contributed by atoms with Crippen molar-refractivity contribution < 1.29 is 9.31 Å². The molecule has 0 heterocycles. The topological polar surface area (TPSA) is 18.5 Å². The summed E-state index contributed by atoms with van der Waals surface area (Å²) in [6.07, 6.45) is 0. The third-order valence-electron chi connectivity index (χ3n) is 5.03. The van der Waals surface area contributed by atoms with Crippen LogP contribution < -0.4 is 14.8 Å². The van der Waals surface area contributed by atoms with Gasteiger partial charge in [0.2, 0.25) is 0 Å². The Bertz CT molecular complexity index is 1210. The van der Waals surface area contributed by atoms with Crippen molar-refractivity contribution in [3.8, 4) is 11.5 Å². The summed E-state index contributed by atoms with van der Waals surface area (Å²) in [6, 6.07) is 38.6. The van der Waals surface area contributed by atoms with E-state index in [2.05, 4.69) is 54.6 Å². The van der Waals surface area contributed by atoms with Gasteiger partial charge in [0.15, 0.2) is 0 Å². The Balaban J connectivity index is 1.69. The molecular weight excluding hydrogens is 355 g/mol. The highest BCUT2D eigenvalue weighted by molar-refractivity contribution is 6.66.